The van der Waals surface area contributed by atoms with Crippen LogP contribution in [0.25, 0.3) is 76.8 Å². The maximum Gasteiger partial charge on any atom is 0.0662 e. The Kier molecular flexibility index (Phi) is 4.46. The summed E-state index contributed by atoms with van der Waals surface area (Å²) in [5.74, 6) is 0. The van der Waals surface area contributed by atoms with E-state index in [0.29, 0.717) is 0 Å². The average Bonchev–Trinajstić information content (AvgIpc) is 3.66. The number of para-hydroxylation sites is 3. The summed E-state index contributed by atoms with van der Waals surface area (Å²) in [6, 6.07) is 44.3. The van der Waals surface area contributed by atoms with Gasteiger partial charge in [-0.15, -0.1) is 0 Å². The van der Waals surface area contributed by atoms with Crippen molar-refractivity contribution in [1.82, 2.24) is 14.1 Å². The number of benzene rings is 6. The van der Waals surface area contributed by atoms with Crippen LogP contribution in [0.4, 0.5) is 0 Å². The summed E-state index contributed by atoms with van der Waals surface area (Å²) < 4.78 is 4.95. The van der Waals surface area contributed by atoms with Crippen molar-refractivity contribution in [2.45, 2.75) is 13.8 Å². The van der Waals surface area contributed by atoms with Crippen molar-refractivity contribution in [3.8, 4) is 11.4 Å². The fourth-order valence-electron chi connectivity index (χ4n) is 6.95. The summed E-state index contributed by atoms with van der Waals surface area (Å²) in [6.07, 6.45) is 0. The predicted molar refractivity (Wildman–Crippen MR) is 174 cm³/mol. The summed E-state index contributed by atoms with van der Waals surface area (Å²) >= 11 is 0. The van der Waals surface area contributed by atoms with Gasteiger partial charge in [0.2, 0.25) is 0 Å². The standard InChI is InChI=1S/C38H27N3/c1-23-15-19-25(20-16-23)40-31-13-7-4-10-28(31)34-36-33(27-9-3-6-12-30(27)39-36)37-35(38(34)40)29-11-5-8-14-32(29)41(37)26-21-17-24(2)18-22-26/h3-22,39H,1-2H3. The molecule has 9 aromatic rings. The van der Waals surface area contributed by atoms with Crippen molar-refractivity contribution in [1.29, 1.82) is 0 Å². The molecule has 3 nitrogen and oxygen atoms in total. The van der Waals surface area contributed by atoms with Crippen molar-refractivity contribution in [2.75, 3.05) is 0 Å². The van der Waals surface area contributed by atoms with E-state index in [0.717, 1.165) is 5.52 Å². The molecule has 194 valence electrons. The summed E-state index contributed by atoms with van der Waals surface area (Å²) in [5.41, 5.74) is 12.1. The van der Waals surface area contributed by atoms with E-state index >= 15 is 0 Å². The highest BCUT2D eigenvalue weighted by molar-refractivity contribution is 6.39. The van der Waals surface area contributed by atoms with Crippen molar-refractivity contribution >= 4 is 65.4 Å². The summed E-state index contributed by atoms with van der Waals surface area (Å²) in [5, 5.41) is 7.59. The van der Waals surface area contributed by atoms with Crippen molar-refractivity contribution in [3.05, 3.63) is 132 Å². The Labute approximate surface area is 236 Å². The minimum atomic E-state index is 1.16. The molecule has 0 saturated carbocycles. The Bertz CT molecular complexity index is 2390. The minimum absolute atomic E-state index is 1.16. The third-order valence-corrected chi connectivity index (χ3v) is 8.76. The fraction of sp³-hybridized carbons (Fsp3) is 0.0526. The van der Waals surface area contributed by atoms with Crippen LogP contribution in [0.15, 0.2) is 121 Å². The topological polar surface area (TPSA) is 25.6 Å². The number of nitrogens with one attached hydrogen (secondary N) is 1. The van der Waals surface area contributed by atoms with E-state index in [-0.39, 0.29) is 0 Å². The van der Waals surface area contributed by atoms with Gasteiger partial charge in [-0.3, -0.25) is 0 Å². The molecule has 0 bridgehead atoms. The van der Waals surface area contributed by atoms with Gasteiger partial charge in [-0.2, -0.15) is 0 Å². The normalized spacial score (nSPS) is 12.1. The van der Waals surface area contributed by atoms with E-state index < -0.39 is 0 Å². The predicted octanol–water partition coefficient (Wildman–Crippen LogP) is 10.1. The third-order valence-electron chi connectivity index (χ3n) is 8.76. The van der Waals surface area contributed by atoms with E-state index in [4.69, 9.17) is 0 Å². The maximum atomic E-state index is 3.88. The van der Waals surface area contributed by atoms with E-state index in [2.05, 4.69) is 149 Å². The molecular formula is C38H27N3. The third kappa shape index (κ3) is 2.98. The maximum absolute atomic E-state index is 3.88. The molecule has 3 heterocycles. The number of hydrogen-bond acceptors (Lipinski definition) is 0. The molecule has 0 saturated heterocycles. The van der Waals surface area contributed by atoms with Crippen LogP contribution in [0, 0.1) is 13.8 Å². The molecular weight excluding hydrogens is 498 g/mol. The molecule has 3 heteroatoms. The van der Waals surface area contributed by atoms with Gasteiger partial charge in [0, 0.05) is 49.2 Å². The highest BCUT2D eigenvalue weighted by Gasteiger charge is 2.26. The molecule has 0 spiro atoms. The second-order valence-electron chi connectivity index (χ2n) is 11.2. The van der Waals surface area contributed by atoms with E-state index in [1.54, 1.807) is 0 Å². The quantitative estimate of drug-likeness (QED) is 0.232. The lowest BCUT2D eigenvalue weighted by Gasteiger charge is -2.12. The molecule has 0 aliphatic carbocycles. The number of aromatic amines is 1. The zero-order valence-electron chi connectivity index (χ0n) is 22.9. The lowest BCUT2D eigenvalue weighted by Crippen LogP contribution is -1.96. The van der Waals surface area contributed by atoms with E-state index in [1.807, 2.05) is 0 Å². The zero-order chi connectivity index (χ0) is 27.2. The second-order valence-corrected chi connectivity index (χ2v) is 11.2. The molecule has 0 amide bonds. The van der Waals surface area contributed by atoms with Crippen LogP contribution in [0.1, 0.15) is 11.1 Å². The second kappa shape index (κ2) is 8.12. The van der Waals surface area contributed by atoms with Gasteiger partial charge >= 0.3 is 0 Å². The zero-order valence-corrected chi connectivity index (χ0v) is 22.9. The van der Waals surface area contributed by atoms with Crippen molar-refractivity contribution in [3.63, 3.8) is 0 Å². The molecule has 1 N–H and O–H groups in total. The summed E-state index contributed by atoms with van der Waals surface area (Å²) in [4.78, 5) is 3.88. The van der Waals surface area contributed by atoms with Crippen LogP contribution < -0.4 is 0 Å². The Balaban J connectivity index is 1.66. The molecule has 9 rings (SSSR count). The molecule has 0 aliphatic heterocycles. The molecule has 0 radical (unpaired) electrons. The average molecular weight is 526 g/mol. The van der Waals surface area contributed by atoms with Crippen LogP contribution in [0.3, 0.4) is 0 Å². The molecule has 41 heavy (non-hydrogen) atoms. The Morgan fingerprint density at radius 3 is 1.44 bits per heavy atom. The van der Waals surface area contributed by atoms with Gasteiger partial charge in [-0.05, 0) is 56.3 Å². The molecule has 3 aromatic heterocycles. The van der Waals surface area contributed by atoms with Gasteiger partial charge < -0.3 is 14.1 Å². The highest BCUT2D eigenvalue weighted by Crippen LogP contribution is 2.48. The molecule has 0 unspecified atom stereocenters. The van der Waals surface area contributed by atoms with Gasteiger partial charge in [-0.1, -0.05) is 90.0 Å². The Morgan fingerprint density at radius 1 is 0.439 bits per heavy atom. The van der Waals surface area contributed by atoms with Gasteiger partial charge in [0.25, 0.3) is 0 Å². The molecule has 0 fully saturated rings. The molecule has 0 atom stereocenters. The smallest absolute Gasteiger partial charge is 0.0662 e. The highest BCUT2D eigenvalue weighted by atomic mass is 15.0. The number of rotatable bonds is 2. The lowest BCUT2D eigenvalue weighted by atomic mass is 10.0. The van der Waals surface area contributed by atoms with Gasteiger partial charge in [-0.25, -0.2) is 0 Å². The SMILES string of the molecule is Cc1ccc(-n2c3ccccc3c3c4[nH]c5ccccc5c4c4c(c5ccccc5n4-c4ccc(C)cc4)c32)cc1. The Morgan fingerprint density at radius 2 is 0.878 bits per heavy atom. The molecule has 6 aromatic carbocycles. The van der Waals surface area contributed by atoms with Crippen LogP contribution in [0.5, 0.6) is 0 Å². The number of nitrogens with zero attached hydrogens (tertiary/aromatic N) is 2. The first-order valence-corrected chi connectivity index (χ1v) is 14.2. The van der Waals surface area contributed by atoms with Gasteiger partial charge in [0.05, 0.1) is 27.6 Å². The van der Waals surface area contributed by atoms with Crippen LogP contribution >= 0.6 is 0 Å². The molecule has 0 aliphatic rings. The number of hydrogen-bond donors (Lipinski definition) is 1. The first kappa shape index (κ1) is 22.5. The number of aromatic nitrogens is 3. The monoisotopic (exact) mass is 525 g/mol. The number of aryl methyl sites for hydroxylation is 2. The van der Waals surface area contributed by atoms with Gasteiger partial charge in [0.1, 0.15) is 0 Å². The van der Waals surface area contributed by atoms with Crippen LogP contribution in [-0.2, 0) is 0 Å². The van der Waals surface area contributed by atoms with Crippen molar-refractivity contribution < 1.29 is 0 Å². The largest absolute Gasteiger partial charge is 0.354 e. The first-order chi connectivity index (χ1) is 20.2. The van der Waals surface area contributed by atoms with Crippen LogP contribution in [0.2, 0.25) is 0 Å². The number of fused-ring (bicyclic) bond motifs is 12. The number of H-pyrrole nitrogens is 1. The lowest BCUT2D eigenvalue weighted by molar-refractivity contribution is 1.17. The summed E-state index contributed by atoms with van der Waals surface area (Å²) in [6.45, 7) is 4.30. The van der Waals surface area contributed by atoms with E-state index in [1.165, 1.54) is 82.4 Å². The first-order valence-electron chi connectivity index (χ1n) is 14.2. The summed E-state index contributed by atoms with van der Waals surface area (Å²) in [7, 11) is 0. The fourth-order valence-corrected chi connectivity index (χ4v) is 6.95. The van der Waals surface area contributed by atoms with Crippen molar-refractivity contribution in [2.24, 2.45) is 0 Å². The minimum Gasteiger partial charge on any atom is -0.354 e. The van der Waals surface area contributed by atoms with Gasteiger partial charge in [0.15, 0.2) is 0 Å². The van der Waals surface area contributed by atoms with Crippen LogP contribution in [-0.4, -0.2) is 14.1 Å². The Hall–Kier alpha value is -5.28. The van der Waals surface area contributed by atoms with E-state index in [9.17, 15) is 0 Å².